The number of benzene rings is 2. The fourth-order valence-corrected chi connectivity index (χ4v) is 4.08. The molecule has 0 fully saturated rings. The van der Waals surface area contributed by atoms with E-state index in [-0.39, 0.29) is 18.4 Å². The predicted octanol–water partition coefficient (Wildman–Crippen LogP) is 5.03. The Kier molecular flexibility index (Phi) is 6.85. The van der Waals surface area contributed by atoms with Crippen LogP contribution in [0.15, 0.2) is 60.7 Å². The maximum atomic E-state index is 11.9. The van der Waals surface area contributed by atoms with E-state index in [1.54, 1.807) is 6.08 Å². The average molecular weight is 414 g/mol. The highest BCUT2D eigenvalue weighted by molar-refractivity contribution is 7.20. The predicted molar refractivity (Wildman–Crippen MR) is 115 cm³/mol. The molecule has 1 heterocycles. The minimum absolute atomic E-state index is 0.177. The number of hydrogen-bond donors (Lipinski definition) is 1. The average Bonchev–Trinajstić information content (AvgIpc) is 3.05. The molecule has 6 heteroatoms. The first kappa shape index (κ1) is 20.1. The standard InChI is InChI=1S/C22H20ClNO3S/c1-15(16-7-3-2-4-8-16)13-24-20(25)14-27-21(26)12-11-19-22(23)17-9-5-6-10-18(17)28-19/h2-12,15H,13-14H2,1H3,(H,24,25)/b12-11+/t15-/m1/s1. The number of carbonyl (C=O) groups excluding carboxylic acids is 2. The lowest BCUT2D eigenvalue weighted by atomic mass is 10.0. The molecule has 0 spiro atoms. The van der Waals surface area contributed by atoms with Gasteiger partial charge in [-0.1, -0.05) is 67.1 Å². The zero-order valence-corrected chi connectivity index (χ0v) is 16.9. The first-order chi connectivity index (χ1) is 13.5. The maximum Gasteiger partial charge on any atom is 0.331 e. The number of nitrogens with one attached hydrogen (secondary N) is 1. The Hall–Kier alpha value is -2.63. The van der Waals surface area contributed by atoms with E-state index in [9.17, 15) is 9.59 Å². The van der Waals surface area contributed by atoms with E-state index in [0.717, 1.165) is 20.5 Å². The van der Waals surface area contributed by atoms with Crippen LogP contribution >= 0.6 is 22.9 Å². The zero-order valence-electron chi connectivity index (χ0n) is 15.4. The highest BCUT2D eigenvalue weighted by Crippen LogP contribution is 2.35. The molecule has 144 valence electrons. The molecule has 2 aromatic carbocycles. The van der Waals surface area contributed by atoms with Crippen molar-refractivity contribution in [1.82, 2.24) is 5.32 Å². The molecule has 0 saturated heterocycles. The molecule has 0 aliphatic carbocycles. The molecular formula is C22H20ClNO3S. The van der Waals surface area contributed by atoms with Gasteiger partial charge in [0.25, 0.3) is 5.91 Å². The topological polar surface area (TPSA) is 55.4 Å². The third-order valence-corrected chi connectivity index (χ3v) is 5.91. The van der Waals surface area contributed by atoms with Crippen molar-refractivity contribution in [3.8, 4) is 0 Å². The number of carbonyl (C=O) groups is 2. The summed E-state index contributed by atoms with van der Waals surface area (Å²) in [4.78, 5) is 24.6. The molecule has 0 radical (unpaired) electrons. The smallest absolute Gasteiger partial charge is 0.331 e. The summed E-state index contributed by atoms with van der Waals surface area (Å²) in [5, 5.41) is 4.34. The number of esters is 1. The van der Waals surface area contributed by atoms with Gasteiger partial charge in [-0.25, -0.2) is 4.79 Å². The zero-order chi connectivity index (χ0) is 19.9. The van der Waals surface area contributed by atoms with Crippen molar-refractivity contribution in [3.05, 3.63) is 76.1 Å². The number of amides is 1. The molecule has 4 nitrogen and oxygen atoms in total. The highest BCUT2D eigenvalue weighted by Gasteiger charge is 2.10. The fourth-order valence-electron chi connectivity index (χ4n) is 2.69. The second-order valence-electron chi connectivity index (χ2n) is 6.33. The molecule has 1 atom stereocenters. The van der Waals surface area contributed by atoms with Crippen molar-refractivity contribution in [1.29, 1.82) is 0 Å². The van der Waals surface area contributed by atoms with Gasteiger partial charge in [0.05, 0.1) is 5.02 Å². The van der Waals surface area contributed by atoms with Gasteiger partial charge < -0.3 is 10.1 Å². The molecule has 0 aliphatic rings. The van der Waals surface area contributed by atoms with Crippen LogP contribution in [0.4, 0.5) is 0 Å². The molecule has 3 rings (SSSR count). The van der Waals surface area contributed by atoms with Crippen LogP contribution in [0.1, 0.15) is 23.3 Å². The SMILES string of the molecule is C[C@H](CNC(=O)COC(=O)/C=C/c1sc2ccccc2c1Cl)c1ccccc1. The molecule has 0 bridgehead atoms. The van der Waals surface area contributed by atoms with Crippen LogP contribution in [0.5, 0.6) is 0 Å². The van der Waals surface area contributed by atoms with E-state index in [4.69, 9.17) is 16.3 Å². The van der Waals surface area contributed by atoms with Crippen LogP contribution in [0, 0.1) is 0 Å². The van der Waals surface area contributed by atoms with Crippen LogP contribution in [0.25, 0.3) is 16.2 Å². The van der Waals surface area contributed by atoms with E-state index < -0.39 is 5.97 Å². The van der Waals surface area contributed by atoms with E-state index >= 15 is 0 Å². The number of hydrogen-bond acceptors (Lipinski definition) is 4. The maximum absolute atomic E-state index is 11.9. The van der Waals surface area contributed by atoms with Crippen LogP contribution in [0.3, 0.4) is 0 Å². The van der Waals surface area contributed by atoms with Crippen LogP contribution in [-0.2, 0) is 14.3 Å². The van der Waals surface area contributed by atoms with Crippen molar-refractivity contribution in [2.45, 2.75) is 12.8 Å². The third kappa shape index (κ3) is 5.21. The Balaban J connectivity index is 1.46. The van der Waals surface area contributed by atoms with E-state index in [1.807, 2.05) is 61.5 Å². The quantitative estimate of drug-likeness (QED) is 0.436. The van der Waals surface area contributed by atoms with Crippen molar-refractivity contribution < 1.29 is 14.3 Å². The van der Waals surface area contributed by atoms with Gasteiger partial charge in [0.2, 0.25) is 0 Å². The Morgan fingerprint density at radius 3 is 2.61 bits per heavy atom. The van der Waals surface area contributed by atoms with Crippen LogP contribution < -0.4 is 5.32 Å². The van der Waals surface area contributed by atoms with Crippen molar-refractivity contribution >= 4 is 51.0 Å². The summed E-state index contributed by atoms with van der Waals surface area (Å²) < 4.78 is 6.05. The van der Waals surface area contributed by atoms with Crippen LogP contribution in [0.2, 0.25) is 5.02 Å². The minimum Gasteiger partial charge on any atom is -0.452 e. The lowest BCUT2D eigenvalue weighted by Gasteiger charge is -2.12. The van der Waals surface area contributed by atoms with E-state index in [0.29, 0.717) is 11.6 Å². The second-order valence-corrected chi connectivity index (χ2v) is 7.80. The molecule has 3 aromatic rings. The Bertz CT molecular complexity index is 997. The van der Waals surface area contributed by atoms with Gasteiger partial charge in [-0.05, 0) is 23.6 Å². The monoisotopic (exact) mass is 413 g/mol. The van der Waals surface area contributed by atoms with Gasteiger partial charge in [-0.2, -0.15) is 0 Å². The Labute approximate surface area is 172 Å². The van der Waals surface area contributed by atoms with Crippen molar-refractivity contribution in [2.75, 3.05) is 13.2 Å². The lowest BCUT2D eigenvalue weighted by Crippen LogP contribution is -2.31. The first-order valence-electron chi connectivity index (χ1n) is 8.88. The summed E-state index contributed by atoms with van der Waals surface area (Å²) in [6.45, 7) is 2.19. The molecule has 1 amide bonds. The van der Waals surface area contributed by atoms with E-state index in [1.165, 1.54) is 17.4 Å². The fraction of sp³-hybridized carbons (Fsp3) is 0.182. The number of ether oxygens (including phenoxy) is 1. The summed E-state index contributed by atoms with van der Waals surface area (Å²) in [5.41, 5.74) is 1.14. The number of fused-ring (bicyclic) bond motifs is 1. The summed E-state index contributed by atoms with van der Waals surface area (Å²) in [5.74, 6) is -0.736. The van der Waals surface area contributed by atoms with Crippen molar-refractivity contribution in [3.63, 3.8) is 0 Å². The van der Waals surface area contributed by atoms with Gasteiger partial charge >= 0.3 is 5.97 Å². The van der Waals surface area contributed by atoms with Gasteiger partial charge in [0.1, 0.15) is 0 Å². The van der Waals surface area contributed by atoms with E-state index in [2.05, 4.69) is 5.32 Å². The molecular weight excluding hydrogens is 394 g/mol. The number of thiophene rings is 1. The van der Waals surface area contributed by atoms with Crippen molar-refractivity contribution in [2.24, 2.45) is 0 Å². The lowest BCUT2D eigenvalue weighted by molar-refractivity contribution is -0.143. The first-order valence-corrected chi connectivity index (χ1v) is 10.1. The molecule has 0 unspecified atom stereocenters. The normalized spacial score (nSPS) is 12.2. The summed E-state index contributed by atoms with van der Waals surface area (Å²) in [7, 11) is 0. The van der Waals surface area contributed by atoms with Gasteiger partial charge in [-0.15, -0.1) is 11.3 Å². The summed E-state index contributed by atoms with van der Waals surface area (Å²) in [6.07, 6.45) is 2.90. The molecule has 1 N–H and O–H groups in total. The third-order valence-electron chi connectivity index (χ3n) is 4.25. The highest BCUT2D eigenvalue weighted by atomic mass is 35.5. The minimum atomic E-state index is -0.584. The Morgan fingerprint density at radius 1 is 1.14 bits per heavy atom. The van der Waals surface area contributed by atoms with Gasteiger partial charge in [0.15, 0.2) is 6.61 Å². The largest absolute Gasteiger partial charge is 0.452 e. The number of rotatable bonds is 7. The van der Waals surface area contributed by atoms with Crippen LogP contribution in [-0.4, -0.2) is 25.0 Å². The summed E-state index contributed by atoms with van der Waals surface area (Å²) >= 11 is 7.83. The van der Waals surface area contributed by atoms with Gasteiger partial charge in [-0.3, -0.25) is 4.79 Å². The Morgan fingerprint density at radius 2 is 1.86 bits per heavy atom. The molecule has 0 aliphatic heterocycles. The molecule has 1 aromatic heterocycles. The number of halogens is 1. The van der Waals surface area contributed by atoms with Gasteiger partial charge in [0, 0.05) is 27.6 Å². The molecule has 28 heavy (non-hydrogen) atoms. The molecule has 0 saturated carbocycles. The second kappa shape index (κ2) is 9.53. The summed E-state index contributed by atoms with van der Waals surface area (Å²) in [6, 6.07) is 17.7.